The lowest BCUT2D eigenvalue weighted by Gasteiger charge is -2.24. The van der Waals surface area contributed by atoms with E-state index in [0.29, 0.717) is 16.1 Å². The van der Waals surface area contributed by atoms with Crippen LogP contribution in [0.2, 0.25) is 0 Å². The molecule has 152 valence electrons. The molecule has 1 aromatic heterocycles. The van der Waals surface area contributed by atoms with E-state index < -0.39 is 29.2 Å². The first-order valence-electron chi connectivity index (χ1n) is 9.01. The van der Waals surface area contributed by atoms with Gasteiger partial charge in [-0.25, -0.2) is 18.6 Å². The third-order valence-electron chi connectivity index (χ3n) is 4.80. The van der Waals surface area contributed by atoms with Gasteiger partial charge in [0.1, 0.15) is 11.6 Å². The largest absolute Gasteiger partial charge is 0.466 e. The molecule has 0 saturated carbocycles. The standard InChI is InChI=1S/C22H16F2N2O3S/c1-12-18(21(28)29-2)19(13-7-9-15(23)10-8-13)26-20(27)17(30-22(26)25-12)11-14-5-3-4-6-16(14)24/h3-11,19H,1-2H3/b17-11-/t19-/m0/s1. The van der Waals surface area contributed by atoms with Crippen molar-refractivity contribution in [1.29, 1.82) is 0 Å². The second-order valence-electron chi connectivity index (χ2n) is 6.65. The van der Waals surface area contributed by atoms with Crippen molar-refractivity contribution in [2.24, 2.45) is 4.99 Å². The summed E-state index contributed by atoms with van der Waals surface area (Å²) < 4.78 is 34.1. The third-order valence-corrected chi connectivity index (χ3v) is 5.79. The van der Waals surface area contributed by atoms with Gasteiger partial charge in [0, 0.05) is 5.56 Å². The van der Waals surface area contributed by atoms with Crippen LogP contribution in [0.15, 0.2) is 69.6 Å². The highest BCUT2D eigenvalue weighted by atomic mass is 32.1. The number of esters is 1. The zero-order chi connectivity index (χ0) is 21.4. The smallest absolute Gasteiger partial charge is 0.338 e. The van der Waals surface area contributed by atoms with Crippen molar-refractivity contribution < 1.29 is 18.3 Å². The first-order valence-corrected chi connectivity index (χ1v) is 9.83. The summed E-state index contributed by atoms with van der Waals surface area (Å²) in [6, 6.07) is 10.8. The molecule has 3 aromatic rings. The van der Waals surface area contributed by atoms with Crippen LogP contribution in [0.5, 0.6) is 0 Å². The molecule has 8 heteroatoms. The summed E-state index contributed by atoms with van der Waals surface area (Å²) in [5, 5.41) is 0. The average Bonchev–Trinajstić information content (AvgIpc) is 3.03. The van der Waals surface area contributed by atoms with Crippen molar-refractivity contribution in [2.45, 2.75) is 13.0 Å². The SMILES string of the molecule is COC(=O)C1=C(C)N=c2s/c(=C\c3ccccc3F)c(=O)n2[C@H]1c1ccc(F)cc1. The van der Waals surface area contributed by atoms with E-state index in [0.717, 1.165) is 11.3 Å². The number of rotatable bonds is 3. The zero-order valence-corrected chi connectivity index (χ0v) is 16.9. The molecule has 0 amide bonds. The highest BCUT2D eigenvalue weighted by Gasteiger charge is 2.33. The third kappa shape index (κ3) is 3.39. The first kappa shape index (κ1) is 19.9. The minimum absolute atomic E-state index is 0.189. The minimum Gasteiger partial charge on any atom is -0.466 e. The number of carbonyl (C=O) groups excluding carboxylic acids is 1. The Morgan fingerprint density at radius 1 is 1.17 bits per heavy atom. The molecule has 0 N–H and O–H groups in total. The van der Waals surface area contributed by atoms with E-state index in [2.05, 4.69) is 4.99 Å². The highest BCUT2D eigenvalue weighted by Crippen LogP contribution is 2.30. The van der Waals surface area contributed by atoms with Crippen LogP contribution in [0.4, 0.5) is 8.78 Å². The molecule has 0 saturated heterocycles. The van der Waals surface area contributed by atoms with E-state index in [-0.39, 0.29) is 15.7 Å². The van der Waals surface area contributed by atoms with Crippen molar-refractivity contribution in [3.8, 4) is 0 Å². The van der Waals surface area contributed by atoms with E-state index in [1.54, 1.807) is 25.1 Å². The fraction of sp³-hybridized carbons (Fsp3) is 0.136. The fourth-order valence-corrected chi connectivity index (χ4v) is 4.42. The highest BCUT2D eigenvalue weighted by molar-refractivity contribution is 7.07. The summed E-state index contributed by atoms with van der Waals surface area (Å²) in [4.78, 5) is 30.5. The Kier molecular flexibility index (Phi) is 5.17. The number of carbonyl (C=O) groups is 1. The number of aromatic nitrogens is 1. The van der Waals surface area contributed by atoms with Crippen molar-refractivity contribution in [3.63, 3.8) is 0 Å². The number of benzene rings is 2. The number of ether oxygens (including phenoxy) is 1. The van der Waals surface area contributed by atoms with Crippen molar-refractivity contribution in [3.05, 3.63) is 102 Å². The van der Waals surface area contributed by atoms with Crippen molar-refractivity contribution in [1.82, 2.24) is 4.57 Å². The second kappa shape index (κ2) is 7.79. The van der Waals surface area contributed by atoms with Gasteiger partial charge >= 0.3 is 5.97 Å². The summed E-state index contributed by atoms with van der Waals surface area (Å²) >= 11 is 1.09. The van der Waals surface area contributed by atoms with E-state index in [1.165, 1.54) is 48.1 Å². The lowest BCUT2D eigenvalue weighted by Crippen LogP contribution is -2.39. The molecular weight excluding hydrogens is 410 g/mol. The molecule has 2 heterocycles. The lowest BCUT2D eigenvalue weighted by molar-refractivity contribution is -0.136. The number of methoxy groups -OCH3 is 1. The topological polar surface area (TPSA) is 60.7 Å². The van der Waals surface area contributed by atoms with Gasteiger partial charge in [0.05, 0.1) is 29.0 Å². The van der Waals surface area contributed by atoms with Gasteiger partial charge in [-0.15, -0.1) is 0 Å². The lowest BCUT2D eigenvalue weighted by atomic mass is 9.96. The van der Waals surface area contributed by atoms with Gasteiger partial charge in [-0.3, -0.25) is 9.36 Å². The Morgan fingerprint density at radius 2 is 1.87 bits per heavy atom. The molecular formula is C22H16F2N2O3S. The Hall–Kier alpha value is -3.39. The van der Waals surface area contributed by atoms with Gasteiger partial charge in [0.2, 0.25) is 0 Å². The van der Waals surface area contributed by atoms with Crippen LogP contribution < -0.4 is 14.9 Å². The molecule has 1 aliphatic rings. The van der Waals surface area contributed by atoms with Gasteiger partial charge in [0.15, 0.2) is 4.80 Å². The molecule has 4 rings (SSSR count). The van der Waals surface area contributed by atoms with Crippen LogP contribution in [-0.2, 0) is 9.53 Å². The minimum atomic E-state index is -0.836. The Morgan fingerprint density at radius 3 is 2.53 bits per heavy atom. The maximum absolute atomic E-state index is 14.1. The average molecular weight is 426 g/mol. The van der Waals surface area contributed by atoms with Gasteiger partial charge in [-0.1, -0.05) is 41.7 Å². The number of thiazole rings is 1. The van der Waals surface area contributed by atoms with E-state index >= 15 is 0 Å². The Balaban J connectivity index is 1.99. The van der Waals surface area contributed by atoms with Crippen LogP contribution in [0.3, 0.4) is 0 Å². The van der Waals surface area contributed by atoms with E-state index in [1.807, 2.05) is 0 Å². The fourth-order valence-electron chi connectivity index (χ4n) is 3.39. The van der Waals surface area contributed by atoms with Gasteiger partial charge in [-0.05, 0) is 36.8 Å². The Labute approximate surface area is 173 Å². The molecule has 0 spiro atoms. The maximum Gasteiger partial charge on any atom is 0.338 e. The molecule has 0 radical (unpaired) electrons. The van der Waals surface area contributed by atoms with Gasteiger partial charge < -0.3 is 4.74 Å². The number of hydrogen-bond acceptors (Lipinski definition) is 5. The number of halogens is 2. The molecule has 0 bridgehead atoms. The number of allylic oxidation sites excluding steroid dienone is 1. The van der Waals surface area contributed by atoms with Crippen LogP contribution in [0, 0.1) is 11.6 Å². The van der Waals surface area contributed by atoms with Gasteiger partial charge in [0.25, 0.3) is 5.56 Å². The molecule has 0 unspecified atom stereocenters. The number of nitrogens with zero attached hydrogens (tertiary/aromatic N) is 2. The zero-order valence-electron chi connectivity index (χ0n) is 16.1. The molecule has 0 aliphatic carbocycles. The molecule has 2 aromatic carbocycles. The number of fused-ring (bicyclic) bond motifs is 1. The quantitative estimate of drug-likeness (QED) is 0.605. The summed E-state index contributed by atoms with van der Waals surface area (Å²) in [6.07, 6.45) is 1.46. The molecule has 1 aliphatic heterocycles. The molecule has 5 nitrogen and oxygen atoms in total. The van der Waals surface area contributed by atoms with Crippen LogP contribution in [0.25, 0.3) is 6.08 Å². The summed E-state index contributed by atoms with van der Waals surface area (Å²) in [5.41, 5.74) is 0.962. The van der Waals surface area contributed by atoms with Crippen molar-refractivity contribution in [2.75, 3.05) is 7.11 Å². The maximum atomic E-state index is 14.1. The van der Waals surface area contributed by atoms with Crippen molar-refractivity contribution >= 4 is 23.4 Å². The molecule has 0 fully saturated rings. The van der Waals surface area contributed by atoms with E-state index in [9.17, 15) is 18.4 Å². The van der Waals surface area contributed by atoms with Gasteiger partial charge in [-0.2, -0.15) is 0 Å². The summed E-state index contributed by atoms with van der Waals surface area (Å²) in [7, 11) is 1.24. The molecule has 30 heavy (non-hydrogen) atoms. The summed E-state index contributed by atoms with van der Waals surface area (Å²) in [5.74, 6) is -1.52. The van der Waals surface area contributed by atoms with Crippen LogP contribution in [0.1, 0.15) is 24.1 Å². The van der Waals surface area contributed by atoms with Crippen LogP contribution >= 0.6 is 11.3 Å². The normalized spacial score (nSPS) is 16.3. The predicted octanol–water partition coefficient (Wildman–Crippen LogP) is 2.69. The predicted molar refractivity (Wildman–Crippen MR) is 109 cm³/mol. The number of hydrogen-bond donors (Lipinski definition) is 0. The summed E-state index contributed by atoms with van der Waals surface area (Å²) in [6.45, 7) is 1.65. The first-order chi connectivity index (χ1) is 14.4. The Bertz CT molecular complexity index is 1350. The van der Waals surface area contributed by atoms with Crippen LogP contribution in [-0.4, -0.2) is 17.6 Å². The molecule has 1 atom stereocenters. The monoisotopic (exact) mass is 426 g/mol. The second-order valence-corrected chi connectivity index (χ2v) is 7.66. The van der Waals surface area contributed by atoms with E-state index in [4.69, 9.17) is 4.74 Å².